The fraction of sp³-hybridized carbons (Fsp3) is 0.449. The third kappa shape index (κ3) is 22.4. The van der Waals surface area contributed by atoms with Crippen LogP contribution in [0, 0.1) is 0 Å². The van der Waals surface area contributed by atoms with Crippen molar-refractivity contribution in [2.45, 2.75) is 119 Å². The first-order chi connectivity index (χ1) is 37.8. The molecule has 1 aromatic heterocycles. The van der Waals surface area contributed by atoms with E-state index in [-0.39, 0.29) is 57.5 Å². The monoisotopic (exact) mass is 1120 g/mol. The first-order valence-corrected chi connectivity index (χ1v) is 25.0. The number of aromatic nitrogens is 1. The van der Waals surface area contributed by atoms with Crippen LogP contribution in [0.5, 0.6) is 0 Å². The predicted molar refractivity (Wildman–Crippen MR) is 284 cm³/mol. The van der Waals surface area contributed by atoms with Gasteiger partial charge in [0.15, 0.2) is 12.0 Å². The van der Waals surface area contributed by atoms with Gasteiger partial charge < -0.3 is 97.2 Å². The van der Waals surface area contributed by atoms with Crippen LogP contribution in [-0.4, -0.2) is 171 Å². The highest BCUT2D eigenvalue weighted by atomic mass is 16.4. The van der Waals surface area contributed by atoms with E-state index in [9.17, 15) is 72.9 Å². The van der Waals surface area contributed by atoms with Crippen molar-refractivity contribution >= 4 is 87.8 Å². The minimum absolute atomic E-state index is 0.00706. The van der Waals surface area contributed by atoms with Crippen molar-refractivity contribution < 1.29 is 72.9 Å². The number of aromatic amines is 1. The van der Waals surface area contributed by atoms with Crippen LogP contribution >= 0.6 is 0 Å². The van der Waals surface area contributed by atoms with Gasteiger partial charge in [-0.05, 0) is 49.8 Å². The highest BCUT2D eigenvalue weighted by Gasteiger charge is 2.35. The number of nitrogens with one attached hydrogen (secondary N) is 9. The highest BCUT2D eigenvalue weighted by Crippen LogP contribution is 2.19. The van der Waals surface area contributed by atoms with E-state index in [1.807, 2.05) is 0 Å². The van der Waals surface area contributed by atoms with E-state index < -0.39 is 151 Å². The first kappa shape index (κ1) is 65.1. The summed E-state index contributed by atoms with van der Waals surface area (Å²) >= 11 is 0. The van der Waals surface area contributed by atoms with E-state index in [1.165, 1.54) is 0 Å². The Morgan fingerprint density at radius 3 is 1.71 bits per heavy atom. The first-order valence-electron chi connectivity index (χ1n) is 25.0. The molecule has 80 heavy (non-hydrogen) atoms. The number of para-hydroxylation sites is 1. The molecule has 11 amide bonds. The number of aliphatic hydroxyl groups is 2. The molecule has 0 saturated heterocycles. The highest BCUT2D eigenvalue weighted by molar-refractivity contribution is 5.99. The van der Waals surface area contributed by atoms with Crippen LogP contribution in [0.1, 0.15) is 63.0 Å². The molecule has 2 aromatic carbocycles. The van der Waals surface area contributed by atoms with Crippen molar-refractivity contribution in [1.82, 2.24) is 47.5 Å². The van der Waals surface area contributed by atoms with Gasteiger partial charge >= 0.3 is 5.97 Å². The van der Waals surface area contributed by atoms with Gasteiger partial charge in [-0.1, -0.05) is 48.5 Å². The molecule has 0 unspecified atom stereocenters. The number of guanidine groups is 1. The Morgan fingerprint density at radius 1 is 0.588 bits per heavy atom. The number of aliphatic carboxylic acids is 1. The molecule has 0 bridgehead atoms. The number of hydrogen-bond acceptors (Lipinski definition) is 16. The fourth-order valence-corrected chi connectivity index (χ4v) is 7.70. The van der Waals surface area contributed by atoms with E-state index in [1.54, 1.807) is 60.8 Å². The second-order valence-corrected chi connectivity index (χ2v) is 18.4. The van der Waals surface area contributed by atoms with Gasteiger partial charge in [0.2, 0.25) is 65.0 Å². The van der Waals surface area contributed by atoms with Crippen LogP contribution in [0.2, 0.25) is 0 Å². The van der Waals surface area contributed by atoms with Gasteiger partial charge in [0.1, 0.15) is 36.3 Å². The van der Waals surface area contributed by atoms with Crippen LogP contribution in [0.3, 0.4) is 0 Å². The van der Waals surface area contributed by atoms with Crippen molar-refractivity contribution in [3.63, 3.8) is 0 Å². The van der Waals surface area contributed by atoms with E-state index in [2.05, 4.69) is 52.5 Å². The second-order valence-electron chi connectivity index (χ2n) is 18.4. The number of benzene rings is 2. The quantitative estimate of drug-likeness (QED) is 0.0148. The van der Waals surface area contributed by atoms with Gasteiger partial charge in [-0.15, -0.1) is 0 Å². The lowest BCUT2D eigenvalue weighted by Crippen LogP contribution is -2.61. The van der Waals surface area contributed by atoms with Crippen molar-refractivity contribution in [3.8, 4) is 0 Å². The molecule has 0 saturated carbocycles. The third-order valence-corrected chi connectivity index (χ3v) is 11.9. The molecule has 0 aliphatic carbocycles. The molecule has 0 aliphatic heterocycles. The number of nitrogens with zero attached hydrogens (tertiary/aromatic N) is 1. The number of aliphatic hydroxyl groups excluding tert-OH is 2. The number of carboxylic acids is 1. The molecule has 0 spiro atoms. The number of aliphatic imine (C=N–C) groups is 1. The van der Waals surface area contributed by atoms with Crippen molar-refractivity contribution in [3.05, 3.63) is 71.9 Å². The Morgan fingerprint density at radius 2 is 1.11 bits per heavy atom. The van der Waals surface area contributed by atoms with Gasteiger partial charge in [0, 0.05) is 49.3 Å². The summed E-state index contributed by atoms with van der Waals surface area (Å²) in [5, 5.41) is 49.2. The Bertz CT molecular complexity index is 2720. The average molecular weight is 1120 g/mol. The molecule has 31 nitrogen and oxygen atoms in total. The Labute approximate surface area is 457 Å². The minimum Gasteiger partial charge on any atom is -0.480 e. The Balaban J connectivity index is 1.88. The lowest BCUT2D eigenvalue weighted by Gasteiger charge is -2.26. The maximum Gasteiger partial charge on any atom is 0.328 e. The summed E-state index contributed by atoms with van der Waals surface area (Å²) in [5.74, 6) is -13.1. The standard InChI is InChI=1S/C49H70N16O15/c1-24(67)40(48(79)80)65-46(77)32(18-25-8-3-2-4-9-25)59-39(71)22-58-42(73)33(19-26-21-57-29-11-6-5-10-27(26)29)62-45(76)34(20-38(53)70)63-47(78)35(23-66)64-43(74)30(12-7-17-56-49(54)55)61-44(75)31(14-16-37(52)69)60-41(72)28(50)13-15-36(51)68/h2-6,8-11,21,24,28,30-35,40,57,66-67H,7,12-20,22-23,50H2,1H3,(H2,51,68)(H2,52,69)(H2,53,70)(H,58,73)(H,59,71)(H,60,72)(H,61,75)(H,62,76)(H,63,78)(H,64,74)(H,65,77)(H,79,80)(H4,54,55,56)/t24-,28+,30+,31+,32+,33+,34+,35+,40+/m1/s1. The molecule has 0 aliphatic rings. The lowest BCUT2D eigenvalue weighted by atomic mass is 10.0. The number of carbonyl (C=O) groups is 12. The predicted octanol–water partition coefficient (Wildman–Crippen LogP) is -7.29. The van der Waals surface area contributed by atoms with Gasteiger partial charge in [-0.3, -0.25) is 57.7 Å². The average Bonchev–Trinajstić information content (AvgIpc) is 3.86. The number of nitrogens with two attached hydrogens (primary N) is 6. The zero-order valence-corrected chi connectivity index (χ0v) is 43.6. The SMILES string of the molecule is C[C@@H](O)[C@H](NC(=O)[C@H](Cc1ccccc1)NC(=O)CNC(=O)[C@H](Cc1c[nH]c2ccccc12)NC(=O)[C@H](CC(N)=O)NC(=O)[C@H](CO)NC(=O)[C@H](CCCN=C(N)N)NC(=O)[C@H](CCC(N)=O)NC(=O)[C@@H](N)CCC(N)=O)C(=O)O. The molecular formula is C49H70N16O15. The van der Waals surface area contributed by atoms with Gasteiger partial charge in [0.25, 0.3) is 0 Å². The molecule has 3 aromatic rings. The summed E-state index contributed by atoms with van der Waals surface area (Å²) in [7, 11) is 0. The third-order valence-electron chi connectivity index (χ3n) is 11.9. The molecule has 3 rings (SSSR count). The molecule has 31 heteroatoms. The fourth-order valence-electron chi connectivity index (χ4n) is 7.70. The molecule has 9 atom stereocenters. The summed E-state index contributed by atoms with van der Waals surface area (Å²) in [6.07, 6.45) is -2.87. The van der Waals surface area contributed by atoms with Crippen molar-refractivity contribution in [2.24, 2.45) is 39.4 Å². The lowest BCUT2D eigenvalue weighted by molar-refractivity contribution is -0.145. The van der Waals surface area contributed by atoms with Gasteiger partial charge in [-0.25, -0.2) is 4.79 Å². The molecule has 0 radical (unpaired) electrons. The number of carboxylic acid groups (broad SMARTS) is 1. The number of fused-ring (bicyclic) bond motifs is 1. The number of rotatable bonds is 35. The maximum atomic E-state index is 14.1. The summed E-state index contributed by atoms with van der Waals surface area (Å²) in [6.45, 7) is -0.905. The van der Waals surface area contributed by atoms with Crippen LogP contribution < -0.4 is 76.9 Å². The minimum atomic E-state index is -1.92. The van der Waals surface area contributed by atoms with Crippen LogP contribution in [0.25, 0.3) is 10.9 Å². The van der Waals surface area contributed by atoms with Gasteiger partial charge in [0.05, 0.1) is 31.7 Å². The zero-order chi connectivity index (χ0) is 59.6. The smallest absolute Gasteiger partial charge is 0.328 e. The van der Waals surface area contributed by atoms with Crippen LogP contribution in [-0.2, 0) is 70.4 Å². The molecular weight excluding hydrogens is 1050 g/mol. The summed E-state index contributed by atoms with van der Waals surface area (Å²) < 4.78 is 0. The summed E-state index contributed by atoms with van der Waals surface area (Å²) in [5.41, 5.74) is 34.2. The number of primary amides is 3. The molecule has 0 fully saturated rings. The van der Waals surface area contributed by atoms with Crippen molar-refractivity contribution in [2.75, 3.05) is 19.7 Å². The van der Waals surface area contributed by atoms with E-state index in [4.69, 9.17) is 34.4 Å². The number of carbonyl (C=O) groups excluding carboxylic acids is 11. The number of amides is 11. The maximum absolute atomic E-state index is 14.1. The van der Waals surface area contributed by atoms with Gasteiger partial charge in [-0.2, -0.15) is 0 Å². The molecule has 436 valence electrons. The second kappa shape index (κ2) is 32.5. The Kier molecular flexibility index (Phi) is 26.4. The van der Waals surface area contributed by atoms with E-state index in [0.717, 1.165) is 6.92 Å². The van der Waals surface area contributed by atoms with E-state index >= 15 is 0 Å². The van der Waals surface area contributed by atoms with E-state index in [0.29, 0.717) is 22.0 Å². The number of hydrogen-bond donors (Lipinski definition) is 18. The van der Waals surface area contributed by atoms with Crippen molar-refractivity contribution in [1.29, 1.82) is 0 Å². The van der Waals surface area contributed by atoms with Crippen LogP contribution in [0.4, 0.5) is 0 Å². The molecule has 24 N–H and O–H groups in total. The summed E-state index contributed by atoms with van der Waals surface area (Å²) in [6, 6.07) is 2.13. The molecule has 1 heterocycles. The topological polar surface area (TPSA) is 546 Å². The number of H-pyrrole nitrogens is 1. The summed E-state index contributed by atoms with van der Waals surface area (Å²) in [4.78, 5) is 163. The normalized spacial score (nSPS) is 14.3. The zero-order valence-electron chi connectivity index (χ0n) is 43.6. The largest absolute Gasteiger partial charge is 0.480 e. The Hall–Kier alpha value is -9.23. The van der Waals surface area contributed by atoms with Crippen LogP contribution in [0.15, 0.2) is 65.8 Å².